The number of ether oxygens (including phenoxy) is 2. The van der Waals surface area contributed by atoms with Crippen molar-refractivity contribution >= 4 is 12.1 Å². The maximum absolute atomic E-state index is 11.9. The van der Waals surface area contributed by atoms with Gasteiger partial charge in [-0.2, -0.15) is 0 Å². The van der Waals surface area contributed by atoms with Crippen molar-refractivity contribution in [3.8, 4) is 0 Å². The van der Waals surface area contributed by atoms with Crippen LogP contribution in [0.5, 0.6) is 0 Å². The first-order chi connectivity index (χ1) is 8.69. The zero-order chi connectivity index (χ0) is 14.6. The molecular formula is C12H22N2O5. The van der Waals surface area contributed by atoms with E-state index in [9.17, 15) is 9.59 Å². The molecular weight excluding hydrogens is 252 g/mol. The van der Waals surface area contributed by atoms with Crippen LogP contribution in [-0.2, 0) is 14.3 Å². The smallest absolute Gasteiger partial charge is 0.410 e. The molecule has 0 aromatic carbocycles. The minimum absolute atomic E-state index is 0.175. The summed E-state index contributed by atoms with van der Waals surface area (Å²) in [5.41, 5.74) is 4.90. The molecule has 1 aliphatic rings. The standard InChI is InChI=1S/C12H22N2O5/c1-12(2,3)19-11(17)14-4-5-18-8(7-14)6-9(13)10(15)16/h8-9H,4-7,13H2,1-3H3,(H,15,16)/t8?,9-/m1/s1. The fourth-order valence-corrected chi connectivity index (χ4v) is 1.74. The van der Waals surface area contributed by atoms with Gasteiger partial charge in [-0.05, 0) is 20.8 Å². The molecule has 2 atom stereocenters. The van der Waals surface area contributed by atoms with Crippen molar-refractivity contribution in [2.75, 3.05) is 19.7 Å². The zero-order valence-electron chi connectivity index (χ0n) is 11.6. The number of morpholine rings is 1. The summed E-state index contributed by atoms with van der Waals surface area (Å²) in [6.07, 6.45) is -0.605. The molecule has 0 saturated carbocycles. The van der Waals surface area contributed by atoms with Crippen LogP contribution in [0.2, 0.25) is 0 Å². The lowest BCUT2D eigenvalue weighted by Gasteiger charge is -2.34. The number of amides is 1. The fraction of sp³-hybridized carbons (Fsp3) is 0.833. The number of rotatable bonds is 3. The van der Waals surface area contributed by atoms with Crippen LogP contribution in [0, 0.1) is 0 Å². The molecule has 0 aromatic heterocycles. The van der Waals surface area contributed by atoms with Crippen molar-refractivity contribution in [3.63, 3.8) is 0 Å². The highest BCUT2D eigenvalue weighted by Gasteiger charge is 2.30. The van der Waals surface area contributed by atoms with E-state index in [1.807, 2.05) is 0 Å². The number of carboxylic acid groups (broad SMARTS) is 1. The molecule has 0 aliphatic carbocycles. The van der Waals surface area contributed by atoms with Gasteiger partial charge in [0.15, 0.2) is 0 Å². The van der Waals surface area contributed by atoms with Gasteiger partial charge in [-0.1, -0.05) is 0 Å². The average Bonchev–Trinajstić information content (AvgIpc) is 2.27. The minimum atomic E-state index is -1.07. The van der Waals surface area contributed by atoms with Gasteiger partial charge in [0.1, 0.15) is 11.6 Å². The lowest BCUT2D eigenvalue weighted by molar-refractivity contribution is -0.140. The van der Waals surface area contributed by atoms with Gasteiger partial charge < -0.3 is 25.2 Å². The van der Waals surface area contributed by atoms with E-state index in [2.05, 4.69) is 0 Å². The third-order valence-corrected chi connectivity index (χ3v) is 2.62. The van der Waals surface area contributed by atoms with Crippen molar-refractivity contribution in [2.24, 2.45) is 5.73 Å². The molecule has 0 spiro atoms. The summed E-state index contributed by atoms with van der Waals surface area (Å²) in [4.78, 5) is 24.1. The molecule has 0 bridgehead atoms. The number of nitrogens with zero attached hydrogens (tertiary/aromatic N) is 1. The van der Waals surface area contributed by atoms with E-state index < -0.39 is 23.7 Å². The van der Waals surface area contributed by atoms with Gasteiger partial charge >= 0.3 is 12.1 Å². The molecule has 1 saturated heterocycles. The largest absolute Gasteiger partial charge is 0.480 e. The van der Waals surface area contributed by atoms with Gasteiger partial charge in [-0.25, -0.2) is 4.79 Å². The second-order valence-electron chi connectivity index (χ2n) is 5.60. The third-order valence-electron chi connectivity index (χ3n) is 2.62. The van der Waals surface area contributed by atoms with E-state index in [-0.39, 0.29) is 12.5 Å². The van der Waals surface area contributed by atoms with E-state index in [1.54, 1.807) is 20.8 Å². The van der Waals surface area contributed by atoms with Crippen LogP contribution in [0.15, 0.2) is 0 Å². The maximum Gasteiger partial charge on any atom is 0.410 e. The Morgan fingerprint density at radius 1 is 1.53 bits per heavy atom. The van der Waals surface area contributed by atoms with Gasteiger partial charge in [0.25, 0.3) is 0 Å². The highest BCUT2D eigenvalue weighted by atomic mass is 16.6. The Hall–Kier alpha value is -1.34. The molecule has 1 rings (SSSR count). The second kappa shape index (κ2) is 6.21. The topological polar surface area (TPSA) is 102 Å². The minimum Gasteiger partial charge on any atom is -0.480 e. The van der Waals surface area contributed by atoms with E-state index in [0.29, 0.717) is 19.7 Å². The number of hydrogen-bond acceptors (Lipinski definition) is 5. The summed E-state index contributed by atoms with van der Waals surface area (Å²) in [5, 5.41) is 8.75. The van der Waals surface area contributed by atoms with Crippen LogP contribution in [0.1, 0.15) is 27.2 Å². The van der Waals surface area contributed by atoms with Crippen molar-refractivity contribution in [2.45, 2.75) is 44.9 Å². The summed E-state index contributed by atoms with van der Waals surface area (Å²) in [7, 11) is 0. The Morgan fingerprint density at radius 2 is 2.16 bits per heavy atom. The first-order valence-corrected chi connectivity index (χ1v) is 6.27. The van der Waals surface area contributed by atoms with Gasteiger partial charge in [0.05, 0.1) is 19.3 Å². The second-order valence-corrected chi connectivity index (χ2v) is 5.60. The normalized spacial score (nSPS) is 21.9. The monoisotopic (exact) mass is 274 g/mol. The first kappa shape index (κ1) is 15.7. The van der Waals surface area contributed by atoms with Crippen LogP contribution in [0.25, 0.3) is 0 Å². The lowest BCUT2D eigenvalue weighted by Crippen LogP contribution is -2.49. The summed E-state index contributed by atoms with van der Waals surface area (Å²) >= 11 is 0. The summed E-state index contributed by atoms with van der Waals surface area (Å²) < 4.78 is 10.7. The summed E-state index contributed by atoms with van der Waals surface area (Å²) in [6.45, 7) is 6.48. The Labute approximate surface area is 112 Å². The molecule has 1 unspecified atom stereocenters. The van der Waals surface area contributed by atoms with Gasteiger partial charge in [0.2, 0.25) is 0 Å². The predicted octanol–water partition coefficient (Wildman–Crippen LogP) is 0.424. The summed E-state index contributed by atoms with van der Waals surface area (Å²) in [5.74, 6) is -1.07. The molecule has 1 aliphatic heterocycles. The van der Waals surface area contributed by atoms with Crippen LogP contribution >= 0.6 is 0 Å². The Bertz CT molecular complexity index is 340. The number of carbonyl (C=O) groups is 2. The molecule has 7 nitrogen and oxygen atoms in total. The SMILES string of the molecule is CC(C)(C)OC(=O)N1CCOC(C[C@@H](N)C(=O)O)C1. The van der Waals surface area contributed by atoms with Crippen molar-refractivity contribution in [1.29, 1.82) is 0 Å². The molecule has 0 radical (unpaired) electrons. The van der Waals surface area contributed by atoms with E-state index in [4.69, 9.17) is 20.3 Å². The van der Waals surface area contributed by atoms with Crippen molar-refractivity contribution in [1.82, 2.24) is 4.90 Å². The molecule has 1 heterocycles. The number of carbonyl (C=O) groups excluding carboxylic acids is 1. The zero-order valence-corrected chi connectivity index (χ0v) is 11.6. The number of carboxylic acids is 1. The quantitative estimate of drug-likeness (QED) is 0.773. The number of nitrogens with two attached hydrogens (primary N) is 1. The first-order valence-electron chi connectivity index (χ1n) is 6.27. The van der Waals surface area contributed by atoms with E-state index in [1.165, 1.54) is 4.90 Å². The lowest BCUT2D eigenvalue weighted by atomic mass is 10.1. The van der Waals surface area contributed by atoms with Crippen LogP contribution < -0.4 is 5.73 Å². The van der Waals surface area contributed by atoms with Crippen LogP contribution in [-0.4, -0.2) is 59.5 Å². The van der Waals surface area contributed by atoms with Crippen LogP contribution in [0.3, 0.4) is 0 Å². The third kappa shape index (κ3) is 5.44. The highest BCUT2D eigenvalue weighted by molar-refractivity contribution is 5.73. The molecule has 7 heteroatoms. The Morgan fingerprint density at radius 3 is 2.68 bits per heavy atom. The van der Waals surface area contributed by atoms with Gasteiger partial charge in [-0.3, -0.25) is 4.79 Å². The Balaban J connectivity index is 2.50. The van der Waals surface area contributed by atoms with E-state index in [0.717, 1.165) is 0 Å². The summed E-state index contributed by atoms with van der Waals surface area (Å²) in [6, 6.07) is -0.983. The number of hydrogen-bond donors (Lipinski definition) is 2. The highest BCUT2D eigenvalue weighted by Crippen LogP contribution is 2.15. The molecule has 0 aromatic rings. The molecule has 1 fully saturated rings. The van der Waals surface area contributed by atoms with Crippen molar-refractivity contribution in [3.05, 3.63) is 0 Å². The van der Waals surface area contributed by atoms with Crippen LogP contribution in [0.4, 0.5) is 4.79 Å². The van der Waals surface area contributed by atoms with Crippen molar-refractivity contribution < 1.29 is 24.2 Å². The fourth-order valence-electron chi connectivity index (χ4n) is 1.74. The molecule has 1 amide bonds. The van der Waals surface area contributed by atoms with Gasteiger partial charge in [-0.15, -0.1) is 0 Å². The predicted molar refractivity (Wildman–Crippen MR) is 67.8 cm³/mol. The maximum atomic E-state index is 11.9. The average molecular weight is 274 g/mol. The molecule has 110 valence electrons. The van der Waals surface area contributed by atoms with Gasteiger partial charge in [0, 0.05) is 13.0 Å². The number of aliphatic carboxylic acids is 1. The molecule has 19 heavy (non-hydrogen) atoms. The Kier molecular flexibility index (Phi) is 5.13. The molecule has 3 N–H and O–H groups in total. The van der Waals surface area contributed by atoms with E-state index >= 15 is 0 Å².